The summed E-state index contributed by atoms with van der Waals surface area (Å²) in [6, 6.07) is 13.6. The fraction of sp³-hybridized carbons (Fsp3) is 0.136. The third kappa shape index (κ3) is 3.50. The number of hydrogen-bond acceptors (Lipinski definition) is 7. The molecule has 0 bridgehead atoms. The van der Waals surface area contributed by atoms with Crippen molar-refractivity contribution in [3.05, 3.63) is 81.5 Å². The number of oxazole rings is 1. The number of carbonyl (C=O) groups excluding carboxylic acids is 1. The van der Waals surface area contributed by atoms with Crippen LogP contribution in [0.4, 0.5) is 0 Å². The zero-order chi connectivity index (χ0) is 20.5. The lowest BCUT2D eigenvalue weighted by atomic mass is 10.1. The molecule has 29 heavy (non-hydrogen) atoms. The van der Waals surface area contributed by atoms with E-state index in [1.54, 1.807) is 19.9 Å². The molecule has 4 rings (SSSR count). The summed E-state index contributed by atoms with van der Waals surface area (Å²) in [5, 5.41) is 10.4. The lowest BCUT2D eigenvalue weighted by Crippen LogP contribution is -2.09. The molecule has 0 saturated heterocycles. The molecule has 0 unspecified atom stereocenters. The van der Waals surface area contributed by atoms with E-state index in [0.29, 0.717) is 28.2 Å². The second-order valence-corrected chi connectivity index (χ2v) is 6.54. The first-order valence-corrected chi connectivity index (χ1v) is 8.89. The molecule has 0 radical (unpaired) electrons. The Kier molecular flexibility index (Phi) is 4.64. The molecule has 2 heterocycles. The number of benzene rings is 2. The fourth-order valence-corrected chi connectivity index (χ4v) is 3.04. The van der Waals surface area contributed by atoms with Crippen LogP contribution in [0.25, 0.3) is 22.4 Å². The summed E-state index contributed by atoms with van der Waals surface area (Å²) in [5.74, 6) is 0.0192. The van der Waals surface area contributed by atoms with Crippen LogP contribution in [0.3, 0.4) is 0 Å². The molecule has 7 heteroatoms. The molecule has 7 nitrogen and oxygen atoms in total. The van der Waals surface area contributed by atoms with Crippen molar-refractivity contribution in [2.24, 2.45) is 0 Å². The fourth-order valence-electron chi connectivity index (χ4n) is 3.04. The van der Waals surface area contributed by atoms with Crippen LogP contribution in [-0.4, -0.2) is 16.1 Å². The minimum atomic E-state index is -0.662. The first-order valence-electron chi connectivity index (χ1n) is 8.89. The maximum Gasteiger partial charge on any atom is 0.360 e. The van der Waals surface area contributed by atoms with E-state index in [1.165, 1.54) is 12.1 Å². The number of carbonyl (C=O) groups is 1. The highest BCUT2D eigenvalue weighted by molar-refractivity contribution is 5.89. The number of fused-ring (bicyclic) bond motifs is 1. The summed E-state index contributed by atoms with van der Waals surface area (Å²) >= 11 is 0. The van der Waals surface area contributed by atoms with Gasteiger partial charge in [0.2, 0.25) is 5.89 Å². The van der Waals surface area contributed by atoms with Crippen molar-refractivity contribution in [1.29, 1.82) is 0 Å². The van der Waals surface area contributed by atoms with Crippen LogP contribution < -0.4 is 5.63 Å². The Morgan fingerprint density at radius 2 is 1.86 bits per heavy atom. The second kappa shape index (κ2) is 7.27. The molecule has 0 amide bonds. The first-order chi connectivity index (χ1) is 13.9. The minimum absolute atomic E-state index is 0.0152. The van der Waals surface area contributed by atoms with Gasteiger partial charge in [-0.1, -0.05) is 18.2 Å². The van der Waals surface area contributed by atoms with Gasteiger partial charge in [-0.15, -0.1) is 0 Å². The van der Waals surface area contributed by atoms with Gasteiger partial charge >= 0.3 is 11.6 Å². The summed E-state index contributed by atoms with van der Waals surface area (Å²) in [6.07, 6.45) is 0. The summed E-state index contributed by atoms with van der Waals surface area (Å²) in [5.41, 5.74) is 1.39. The lowest BCUT2D eigenvalue weighted by Gasteiger charge is -2.08. The van der Waals surface area contributed by atoms with E-state index in [1.807, 2.05) is 30.3 Å². The number of aromatic nitrogens is 1. The van der Waals surface area contributed by atoms with Crippen molar-refractivity contribution in [3.63, 3.8) is 0 Å². The van der Waals surface area contributed by atoms with Gasteiger partial charge in [-0.25, -0.2) is 14.6 Å². The Bertz CT molecular complexity index is 1270. The van der Waals surface area contributed by atoms with Crippen LogP contribution >= 0.6 is 0 Å². The van der Waals surface area contributed by atoms with Gasteiger partial charge < -0.3 is 18.7 Å². The Morgan fingerprint density at radius 1 is 1.10 bits per heavy atom. The molecule has 146 valence electrons. The number of nitrogens with zero attached hydrogens (tertiary/aromatic N) is 1. The van der Waals surface area contributed by atoms with Gasteiger partial charge in [0.05, 0.1) is 0 Å². The van der Waals surface area contributed by atoms with Gasteiger partial charge in [-0.3, -0.25) is 0 Å². The van der Waals surface area contributed by atoms with Crippen LogP contribution in [0, 0.1) is 13.8 Å². The van der Waals surface area contributed by atoms with Crippen LogP contribution in [0.15, 0.2) is 62.2 Å². The molecule has 0 aliphatic heterocycles. The van der Waals surface area contributed by atoms with Gasteiger partial charge in [0, 0.05) is 28.1 Å². The van der Waals surface area contributed by atoms with E-state index >= 15 is 0 Å². The zero-order valence-corrected chi connectivity index (χ0v) is 15.8. The van der Waals surface area contributed by atoms with Crippen LogP contribution in [0.5, 0.6) is 5.75 Å². The topological polar surface area (TPSA) is 103 Å². The number of phenolic OH excluding ortho intramolecular Hbond substituents is 1. The Labute approximate surface area is 165 Å². The SMILES string of the molecule is Cc1oc(-c2ccccc2)nc1C(=O)OCc1cc(=O)oc2c(C)c(O)ccc12. The number of ether oxygens (including phenoxy) is 1. The Hall–Kier alpha value is -3.87. The standard InChI is InChI=1S/C22H17NO6/c1-12-17(24)9-8-16-15(10-18(25)29-20(12)16)11-27-22(26)19-13(2)28-21(23-19)14-6-4-3-5-7-14/h3-10,24H,11H2,1-2H3. The molecule has 2 aromatic heterocycles. The highest BCUT2D eigenvalue weighted by Crippen LogP contribution is 2.28. The summed E-state index contributed by atoms with van der Waals surface area (Å²) in [4.78, 5) is 28.7. The van der Waals surface area contributed by atoms with Gasteiger partial charge in [0.15, 0.2) is 5.69 Å². The van der Waals surface area contributed by atoms with E-state index in [0.717, 1.165) is 5.56 Å². The number of aryl methyl sites for hydroxylation is 2. The van der Waals surface area contributed by atoms with Crippen molar-refractivity contribution in [2.45, 2.75) is 20.5 Å². The molecule has 2 aromatic carbocycles. The maximum atomic E-state index is 12.5. The lowest BCUT2D eigenvalue weighted by molar-refractivity contribution is 0.0465. The van der Waals surface area contributed by atoms with Crippen molar-refractivity contribution in [2.75, 3.05) is 0 Å². The highest BCUT2D eigenvalue weighted by Gasteiger charge is 2.20. The number of rotatable bonds is 4. The molecule has 4 aromatic rings. The van der Waals surface area contributed by atoms with Crippen LogP contribution in [-0.2, 0) is 11.3 Å². The van der Waals surface area contributed by atoms with Gasteiger partial charge in [-0.2, -0.15) is 0 Å². The zero-order valence-electron chi connectivity index (χ0n) is 15.8. The minimum Gasteiger partial charge on any atom is -0.508 e. The average Bonchev–Trinajstić information content (AvgIpc) is 3.11. The van der Waals surface area contributed by atoms with Gasteiger partial charge in [-0.05, 0) is 38.1 Å². The predicted octanol–water partition coefficient (Wildman–Crippen LogP) is 4.13. The summed E-state index contributed by atoms with van der Waals surface area (Å²) < 4.78 is 16.2. The maximum absolute atomic E-state index is 12.5. The first kappa shape index (κ1) is 18.5. The monoisotopic (exact) mass is 391 g/mol. The Morgan fingerprint density at radius 3 is 2.62 bits per heavy atom. The molecule has 0 aliphatic rings. The molecule has 0 atom stereocenters. The normalized spacial score (nSPS) is 11.0. The van der Waals surface area contributed by atoms with E-state index in [2.05, 4.69) is 4.98 Å². The Balaban J connectivity index is 1.60. The van der Waals surface area contributed by atoms with Crippen molar-refractivity contribution in [1.82, 2.24) is 4.98 Å². The van der Waals surface area contributed by atoms with E-state index < -0.39 is 11.6 Å². The van der Waals surface area contributed by atoms with E-state index in [4.69, 9.17) is 13.6 Å². The summed E-state index contributed by atoms with van der Waals surface area (Å²) in [6.45, 7) is 3.12. The number of aromatic hydroxyl groups is 1. The third-order valence-electron chi connectivity index (χ3n) is 4.59. The smallest absolute Gasteiger partial charge is 0.360 e. The second-order valence-electron chi connectivity index (χ2n) is 6.54. The number of hydrogen-bond donors (Lipinski definition) is 1. The predicted molar refractivity (Wildman–Crippen MR) is 105 cm³/mol. The molecule has 0 saturated carbocycles. The summed E-state index contributed by atoms with van der Waals surface area (Å²) in [7, 11) is 0. The average molecular weight is 391 g/mol. The van der Waals surface area contributed by atoms with Gasteiger partial charge in [0.1, 0.15) is 23.7 Å². The van der Waals surface area contributed by atoms with Crippen molar-refractivity contribution in [3.8, 4) is 17.2 Å². The molecule has 1 N–H and O–H groups in total. The number of esters is 1. The molecular formula is C22H17NO6. The molecular weight excluding hydrogens is 374 g/mol. The van der Waals surface area contributed by atoms with E-state index in [-0.39, 0.29) is 23.6 Å². The molecule has 0 spiro atoms. The van der Waals surface area contributed by atoms with Crippen molar-refractivity contribution < 1.29 is 23.5 Å². The quantitative estimate of drug-likeness (QED) is 0.412. The third-order valence-corrected chi connectivity index (χ3v) is 4.59. The van der Waals surface area contributed by atoms with Crippen molar-refractivity contribution >= 4 is 16.9 Å². The van der Waals surface area contributed by atoms with Gasteiger partial charge in [0.25, 0.3) is 0 Å². The van der Waals surface area contributed by atoms with E-state index in [9.17, 15) is 14.7 Å². The van der Waals surface area contributed by atoms with Crippen LogP contribution in [0.2, 0.25) is 0 Å². The molecule has 0 fully saturated rings. The number of phenols is 1. The largest absolute Gasteiger partial charge is 0.508 e. The molecule has 0 aliphatic carbocycles. The van der Waals surface area contributed by atoms with Crippen LogP contribution in [0.1, 0.15) is 27.4 Å². The highest BCUT2D eigenvalue weighted by atomic mass is 16.5.